The number of amides is 2. The zero-order valence-corrected chi connectivity index (χ0v) is 18.8. The molecule has 0 aromatic heterocycles. The number of carbonyl (C=O) groups excluding carboxylic acids is 2. The summed E-state index contributed by atoms with van der Waals surface area (Å²) in [4.78, 5) is 29.5. The van der Waals surface area contributed by atoms with Crippen LogP contribution in [-0.4, -0.2) is 11.8 Å². The van der Waals surface area contributed by atoms with Crippen molar-refractivity contribution in [3.8, 4) is 12.1 Å². The van der Waals surface area contributed by atoms with Gasteiger partial charge in [-0.15, -0.1) is 0 Å². The molecule has 2 atom stereocenters. The van der Waals surface area contributed by atoms with Crippen molar-refractivity contribution in [3.63, 3.8) is 0 Å². The van der Waals surface area contributed by atoms with Gasteiger partial charge in [-0.2, -0.15) is 10.5 Å². The Bertz CT molecular complexity index is 1460. The molecule has 1 fully saturated rings. The highest BCUT2D eigenvalue weighted by Crippen LogP contribution is 2.83. The Labute approximate surface area is 198 Å². The van der Waals surface area contributed by atoms with E-state index in [0.29, 0.717) is 22.5 Å². The summed E-state index contributed by atoms with van der Waals surface area (Å²) >= 11 is 3.48. The van der Waals surface area contributed by atoms with Crippen LogP contribution in [0.25, 0.3) is 0 Å². The van der Waals surface area contributed by atoms with E-state index in [9.17, 15) is 20.1 Å². The van der Waals surface area contributed by atoms with Gasteiger partial charge in [0, 0.05) is 15.8 Å². The number of para-hydroxylation sites is 1. The second-order valence-electron chi connectivity index (χ2n) is 8.51. The lowest BCUT2D eigenvalue weighted by Gasteiger charge is -2.19. The van der Waals surface area contributed by atoms with Gasteiger partial charge in [0.05, 0.1) is 18.7 Å². The van der Waals surface area contributed by atoms with Crippen LogP contribution in [0.2, 0.25) is 0 Å². The van der Waals surface area contributed by atoms with Gasteiger partial charge in [-0.25, -0.2) is 0 Å². The molecule has 3 aromatic carbocycles. The van der Waals surface area contributed by atoms with Crippen LogP contribution in [0.4, 0.5) is 11.4 Å². The molecule has 0 saturated heterocycles. The van der Waals surface area contributed by atoms with E-state index in [1.807, 2.05) is 36.4 Å². The van der Waals surface area contributed by atoms with Crippen LogP contribution in [0.15, 0.2) is 77.3 Å². The van der Waals surface area contributed by atoms with E-state index in [1.54, 1.807) is 41.3 Å². The van der Waals surface area contributed by atoms with Crippen molar-refractivity contribution in [2.45, 2.75) is 17.4 Å². The second-order valence-corrected chi connectivity index (χ2v) is 9.43. The fraction of sp³-hybridized carbons (Fsp3) is 0.154. The first-order valence-corrected chi connectivity index (χ1v) is 11.2. The normalized spacial score (nSPS) is 25.4. The van der Waals surface area contributed by atoms with E-state index in [4.69, 9.17) is 0 Å². The predicted molar refractivity (Wildman–Crippen MR) is 124 cm³/mol. The Morgan fingerprint density at radius 2 is 1.58 bits per heavy atom. The fourth-order valence-electron chi connectivity index (χ4n) is 6.05. The molecule has 0 bridgehead atoms. The van der Waals surface area contributed by atoms with Crippen molar-refractivity contribution >= 4 is 39.1 Å². The number of benzene rings is 3. The summed E-state index contributed by atoms with van der Waals surface area (Å²) in [7, 11) is 0. The number of rotatable bonds is 2. The molecule has 1 N–H and O–H groups in total. The van der Waals surface area contributed by atoms with Gasteiger partial charge in [0.25, 0.3) is 0 Å². The summed E-state index contributed by atoms with van der Waals surface area (Å²) in [5.74, 6) is -0.898. The topological polar surface area (TPSA) is 97.0 Å². The van der Waals surface area contributed by atoms with Crippen molar-refractivity contribution in [2.24, 2.45) is 5.41 Å². The molecule has 3 aliphatic rings. The summed E-state index contributed by atoms with van der Waals surface area (Å²) in [6, 6.07) is 26.1. The Kier molecular flexibility index (Phi) is 3.77. The molecule has 0 radical (unpaired) electrons. The number of hydrogen-bond acceptors (Lipinski definition) is 4. The van der Waals surface area contributed by atoms with Gasteiger partial charge in [0.2, 0.25) is 11.8 Å². The van der Waals surface area contributed by atoms with E-state index in [-0.39, 0.29) is 6.54 Å². The fourth-order valence-corrected chi connectivity index (χ4v) is 6.39. The lowest BCUT2D eigenvalue weighted by Crippen LogP contribution is -2.38. The molecule has 158 valence electrons. The molecule has 6 nitrogen and oxygen atoms in total. The maximum Gasteiger partial charge on any atom is 0.242 e. The Hall–Kier alpha value is -3.94. The summed E-state index contributed by atoms with van der Waals surface area (Å²) in [5.41, 5.74) is -2.05. The Morgan fingerprint density at radius 3 is 2.30 bits per heavy atom. The molecule has 1 aliphatic carbocycles. The standard InChI is InChI=1S/C26H15BrN4O2/c27-17-10-11-19-21(12-17)31(13-16-6-2-1-3-7-16)23(33)26(19)24(14-28,15-29)25(26)18-8-4-5-9-20(18)30-22(25)32/h1-12H,13H2,(H,30,32)/t25-,26-/m1/s1. The van der Waals surface area contributed by atoms with Gasteiger partial charge >= 0.3 is 0 Å². The van der Waals surface area contributed by atoms with E-state index in [0.717, 1.165) is 10.0 Å². The van der Waals surface area contributed by atoms with Gasteiger partial charge in [-0.1, -0.05) is 70.5 Å². The van der Waals surface area contributed by atoms with Crippen molar-refractivity contribution in [1.29, 1.82) is 10.5 Å². The van der Waals surface area contributed by atoms with Gasteiger partial charge in [-0.3, -0.25) is 9.59 Å². The third-order valence-electron chi connectivity index (χ3n) is 7.28. The first kappa shape index (κ1) is 19.7. The van der Waals surface area contributed by atoms with E-state index in [2.05, 4.69) is 33.4 Å². The molecule has 2 spiro atoms. The largest absolute Gasteiger partial charge is 0.325 e. The first-order valence-electron chi connectivity index (χ1n) is 10.4. The summed E-state index contributed by atoms with van der Waals surface area (Å²) in [5, 5.41) is 23.6. The quantitative estimate of drug-likeness (QED) is 0.577. The minimum Gasteiger partial charge on any atom is -0.325 e. The van der Waals surface area contributed by atoms with Crippen LogP contribution in [0.5, 0.6) is 0 Å². The number of anilines is 2. The van der Waals surface area contributed by atoms with Crippen LogP contribution in [-0.2, 0) is 27.0 Å². The number of halogens is 1. The second kappa shape index (κ2) is 6.31. The molecule has 2 aliphatic heterocycles. The molecule has 6 rings (SSSR count). The average Bonchev–Trinajstić information content (AvgIpc) is 3.15. The lowest BCUT2D eigenvalue weighted by atomic mass is 9.83. The van der Waals surface area contributed by atoms with Crippen molar-refractivity contribution in [3.05, 3.63) is 94.0 Å². The Balaban J connectivity index is 1.66. The molecule has 3 aromatic rings. The van der Waals surface area contributed by atoms with Crippen LogP contribution in [0.3, 0.4) is 0 Å². The number of carbonyl (C=O) groups is 2. The molecule has 2 amide bonds. The van der Waals surface area contributed by atoms with Gasteiger partial charge in [0.1, 0.15) is 10.8 Å². The predicted octanol–water partition coefficient (Wildman–Crippen LogP) is 4.17. The van der Waals surface area contributed by atoms with Gasteiger partial charge in [0.15, 0.2) is 5.41 Å². The zero-order chi connectivity index (χ0) is 23.0. The lowest BCUT2D eigenvalue weighted by molar-refractivity contribution is -0.124. The highest BCUT2D eigenvalue weighted by atomic mass is 79.9. The Morgan fingerprint density at radius 1 is 0.879 bits per heavy atom. The van der Waals surface area contributed by atoms with E-state index >= 15 is 0 Å². The van der Waals surface area contributed by atoms with E-state index in [1.165, 1.54) is 0 Å². The molecule has 33 heavy (non-hydrogen) atoms. The number of nitrogens with one attached hydrogen (secondary N) is 1. The molecular weight excluding hydrogens is 480 g/mol. The van der Waals surface area contributed by atoms with Gasteiger partial charge < -0.3 is 10.2 Å². The molecule has 7 heteroatoms. The molecular formula is C26H15BrN4O2. The maximum atomic E-state index is 14.3. The van der Waals surface area contributed by atoms with Crippen LogP contribution < -0.4 is 10.2 Å². The van der Waals surface area contributed by atoms with Crippen LogP contribution in [0, 0.1) is 28.1 Å². The molecule has 1 saturated carbocycles. The first-order chi connectivity index (χ1) is 16.0. The van der Waals surface area contributed by atoms with Crippen molar-refractivity contribution < 1.29 is 9.59 Å². The molecule has 0 unspecified atom stereocenters. The third-order valence-corrected chi connectivity index (χ3v) is 7.78. The summed E-state index contributed by atoms with van der Waals surface area (Å²) < 4.78 is 0.759. The number of nitrogens with zero attached hydrogens (tertiary/aromatic N) is 3. The number of hydrogen-bond donors (Lipinski definition) is 1. The highest BCUT2D eigenvalue weighted by Gasteiger charge is 3.00. The van der Waals surface area contributed by atoms with Gasteiger partial charge in [-0.05, 0) is 34.9 Å². The van der Waals surface area contributed by atoms with E-state index < -0.39 is 28.1 Å². The third kappa shape index (κ3) is 1.94. The highest BCUT2D eigenvalue weighted by molar-refractivity contribution is 9.10. The molecule has 2 heterocycles. The summed E-state index contributed by atoms with van der Waals surface area (Å²) in [6.07, 6.45) is 0. The average molecular weight is 495 g/mol. The number of fused-ring (bicyclic) bond motifs is 5. The van der Waals surface area contributed by atoms with Crippen molar-refractivity contribution in [1.82, 2.24) is 0 Å². The monoisotopic (exact) mass is 494 g/mol. The number of nitriles is 2. The van der Waals surface area contributed by atoms with Crippen LogP contribution >= 0.6 is 15.9 Å². The smallest absolute Gasteiger partial charge is 0.242 e. The van der Waals surface area contributed by atoms with Crippen molar-refractivity contribution in [2.75, 3.05) is 10.2 Å². The zero-order valence-electron chi connectivity index (χ0n) is 17.2. The maximum absolute atomic E-state index is 14.3. The minimum absolute atomic E-state index is 0.261. The minimum atomic E-state index is -1.87. The SMILES string of the molecule is N#CC1(C#N)[C@@]2(C(=O)Nc3ccccc32)[C@]12C(=O)N(Cc1ccccc1)c1cc(Br)ccc12. The van der Waals surface area contributed by atoms with Crippen LogP contribution in [0.1, 0.15) is 16.7 Å². The summed E-state index contributed by atoms with van der Waals surface area (Å²) in [6.45, 7) is 0.261.